The summed E-state index contributed by atoms with van der Waals surface area (Å²) in [6, 6.07) is 0. The van der Waals surface area contributed by atoms with Crippen molar-refractivity contribution in [1.29, 1.82) is 0 Å². The average molecular weight is 227 g/mol. The van der Waals surface area contributed by atoms with Gasteiger partial charge in [0.1, 0.15) is 0 Å². The molecule has 0 aromatic rings. The van der Waals surface area contributed by atoms with Crippen LogP contribution < -0.4 is 10.7 Å². The van der Waals surface area contributed by atoms with Crippen molar-refractivity contribution in [2.45, 2.75) is 46.0 Å². The molecule has 0 aromatic carbocycles. The highest BCUT2D eigenvalue weighted by Crippen LogP contribution is 2.24. The Balaban J connectivity index is 2.33. The average Bonchev–Trinajstić information content (AvgIpc) is 2.27. The highest BCUT2D eigenvalue weighted by Gasteiger charge is 2.15. The van der Waals surface area contributed by atoms with E-state index in [2.05, 4.69) is 22.8 Å². The molecule has 0 aromatic heterocycles. The van der Waals surface area contributed by atoms with Crippen molar-refractivity contribution in [2.75, 3.05) is 6.54 Å². The molecule has 1 aliphatic carbocycles. The number of hydrogen-bond donors (Lipinski definition) is 2. The van der Waals surface area contributed by atoms with Gasteiger partial charge in [0, 0.05) is 12.3 Å². The van der Waals surface area contributed by atoms with Crippen molar-refractivity contribution >= 4 is 23.0 Å². The molecule has 0 saturated heterocycles. The fourth-order valence-electron chi connectivity index (χ4n) is 1.95. The third-order valence-corrected chi connectivity index (χ3v) is 3.10. The maximum absolute atomic E-state index is 5.04. The molecule has 0 spiro atoms. The Labute approximate surface area is 97.7 Å². The lowest BCUT2D eigenvalue weighted by molar-refractivity contribution is 0.437. The SMILES string of the molecule is CCNC(=S)N/N=C(/C)C1CCCCC1. The molecule has 0 aliphatic heterocycles. The van der Waals surface area contributed by atoms with Gasteiger partial charge in [0.15, 0.2) is 5.11 Å². The number of nitrogens with zero attached hydrogens (tertiary/aromatic N) is 1. The van der Waals surface area contributed by atoms with E-state index in [1.807, 2.05) is 6.92 Å². The number of hydrazone groups is 1. The fourth-order valence-corrected chi connectivity index (χ4v) is 2.14. The van der Waals surface area contributed by atoms with Crippen molar-refractivity contribution in [2.24, 2.45) is 11.0 Å². The molecular weight excluding hydrogens is 206 g/mol. The zero-order valence-corrected chi connectivity index (χ0v) is 10.5. The molecule has 0 bridgehead atoms. The van der Waals surface area contributed by atoms with Crippen LogP contribution in [0.25, 0.3) is 0 Å². The normalized spacial score (nSPS) is 18.7. The molecule has 1 fully saturated rings. The van der Waals surface area contributed by atoms with Gasteiger partial charge in [-0.05, 0) is 44.8 Å². The van der Waals surface area contributed by atoms with E-state index in [0.717, 1.165) is 6.54 Å². The predicted molar refractivity (Wildman–Crippen MR) is 69.1 cm³/mol. The summed E-state index contributed by atoms with van der Waals surface area (Å²) in [6.07, 6.45) is 6.63. The molecule has 0 amide bonds. The Kier molecular flexibility index (Phi) is 5.61. The van der Waals surface area contributed by atoms with E-state index in [9.17, 15) is 0 Å². The van der Waals surface area contributed by atoms with Crippen molar-refractivity contribution < 1.29 is 0 Å². The predicted octanol–water partition coefficient (Wildman–Crippen LogP) is 2.43. The number of rotatable bonds is 3. The molecule has 0 heterocycles. The van der Waals surface area contributed by atoms with Crippen molar-refractivity contribution in [3.63, 3.8) is 0 Å². The first-order valence-electron chi connectivity index (χ1n) is 5.82. The summed E-state index contributed by atoms with van der Waals surface area (Å²) < 4.78 is 0. The first-order chi connectivity index (χ1) is 7.24. The summed E-state index contributed by atoms with van der Waals surface area (Å²) in [5.41, 5.74) is 4.08. The minimum Gasteiger partial charge on any atom is -0.362 e. The topological polar surface area (TPSA) is 36.4 Å². The summed E-state index contributed by atoms with van der Waals surface area (Å²) in [5, 5.41) is 7.96. The summed E-state index contributed by atoms with van der Waals surface area (Å²) >= 11 is 5.04. The van der Waals surface area contributed by atoms with Crippen molar-refractivity contribution in [3.8, 4) is 0 Å². The summed E-state index contributed by atoms with van der Waals surface area (Å²) in [7, 11) is 0. The molecule has 2 N–H and O–H groups in total. The molecule has 15 heavy (non-hydrogen) atoms. The van der Waals surface area contributed by atoms with Gasteiger partial charge in [-0.25, -0.2) is 0 Å². The second-order valence-corrected chi connectivity index (χ2v) is 4.47. The van der Waals surface area contributed by atoms with Gasteiger partial charge in [-0.1, -0.05) is 19.3 Å². The Morgan fingerprint density at radius 2 is 2.00 bits per heavy atom. The Bertz CT molecular complexity index is 232. The molecule has 0 atom stereocenters. The van der Waals surface area contributed by atoms with Gasteiger partial charge in [0.05, 0.1) is 0 Å². The van der Waals surface area contributed by atoms with Gasteiger partial charge >= 0.3 is 0 Å². The molecule has 3 nitrogen and oxygen atoms in total. The zero-order chi connectivity index (χ0) is 11.1. The minimum atomic E-state index is 0.618. The number of hydrogen-bond acceptors (Lipinski definition) is 2. The highest BCUT2D eigenvalue weighted by atomic mass is 32.1. The maximum atomic E-state index is 5.04. The van der Waals surface area contributed by atoms with E-state index in [-0.39, 0.29) is 0 Å². The standard InChI is InChI=1S/C11H21N3S/c1-3-12-11(15)14-13-9(2)10-7-5-4-6-8-10/h10H,3-8H2,1-2H3,(H2,12,14,15)/b13-9-. The summed E-state index contributed by atoms with van der Waals surface area (Å²) in [5.74, 6) is 0.663. The largest absolute Gasteiger partial charge is 0.362 e. The van der Waals surface area contributed by atoms with Crippen LogP contribution in [0.2, 0.25) is 0 Å². The minimum absolute atomic E-state index is 0.618. The Morgan fingerprint density at radius 1 is 1.33 bits per heavy atom. The van der Waals surface area contributed by atoms with Crippen LogP contribution in [0.4, 0.5) is 0 Å². The zero-order valence-electron chi connectivity index (χ0n) is 9.68. The fraction of sp³-hybridized carbons (Fsp3) is 0.818. The van der Waals surface area contributed by atoms with Gasteiger partial charge < -0.3 is 5.32 Å². The van der Waals surface area contributed by atoms with Crippen LogP contribution in [0.1, 0.15) is 46.0 Å². The Hall–Kier alpha value is -0.640. The molecule has 4 heteroatoms. The number of thiocarbonyl (C=S) groups is 1. The van der Waals surface area contributed by atoms with Crippen LogP contribution >= 0.6 is 12.2 Å². The van der Waals surface area contributed by atoms with Crippen LogP contribution in [0.3, 0.4) is 0 Å². The van der Waals surface area contributed by atoms with Gasteiger partial charge in [0.2, 0.25) is 0 Å². The quantitative estimate of drug-likeness (QED) is 0.442. The van der Waals surface area contributed by atoms with E-state index in [4.69, 9.17) is 12.2 Å². The monoisotopic (exact) mass is 227 g/mol. The second-order valence-electron chi connectivity index (χ2n) is 4.06. The third-order valence-electron chi connectivity index (χ3n) is 2.87. The van der Waals surface area contributed by atoms with E-state index in [1.165, 1.54) is 37.8 Å². The molecule has 1 saturated carbocycles. The van der Waals surface area contributed by atoms with Gasteiger partial charge in [0.25, 0.3) is 0 Å². The van der Waals surface area contributed by atoms with E-state index >= 15 is 0 Å². The van der Waals surface area contributed by atoms with Crippen LogP contribution in [0.5, 0.6) is 0 Å². The molecule has 1 aliphatic rings. The summed E-state index contributed by atoms with van der Waals surface area (Å²) in [6.45, 7) is 4.95. The smallest absolute Gasteiger partial charge is 0.186 e. The van der Waals surface area contributed by atoms with Crippen molar-refractivity contribution in [3.05, 3.63) is 0 Å². The van der Waals surface area contributed by atoms with Gasteiger partial charge in [-0.15, -0.1) is 0 Å². The maximum Gasteiger partial charge on any atom is 0.186 e. The van der Waals surface area contributed by atoms with E-state index < -0.39 is 0 Å². The second kappa shape index (κ2) is 6.77. The van der Waals surface area contributed by atoms with Crippen LogP contribution in [-0.4, -0.2) is 17.4 Å². The molecule has 0 unspecified atom stereocenters. The molecular formula is C11H21N3S. The summed E-state index contributed by atoms with van der Waals surface area (Å²) in [4.78, 5) is 0. The van der Waals surface area contributed by atoms with Crippen LogP contribution in [0, 0.1) is 5.92 Å². The lowest BCUT2D eigenvalue weighted by Crippen LogP contribution is -2.33. The first-order valence-corrected chi connectivity index (χ1v) is 6.23. The molecule has 1 rings (SSSR count). The van der Waals surface area contributed by atoms with E-state index in [0.29, 0.717) is 11.0 Å². The molecule has 0 radical (unpaired) electrons. The lowest BCUT2D eigenvalue weighted by Gasteiger charge is -2.21. The lowest BCUT2D eigenvalue weighted by atomic mass is 9.86. The Morgan fingerprint density at radius 3 is 2.60 bits per heavy atom. The van der Waals surface area contributed by atoms with E-state index in [1.54, 1.807) is 0 Å². The first kappa shape index (κ1) is 12.4. The molecule has 86 valence electrons. The number of nitrogens with one attached hydrogen (secondary N) is 2. The van der Waals surface area contributed by atoms with Crippen LogP contribution in [-0.2, 0) is 0 Å². The van der Waals surface area contributed by atoms with Gasteiger partial charge in [-0.2, -0.15) is 5.10 Å². The third kappa shape index (κ3) is 4.60. The van der Waals surface area contributed by atoms with Crippen LogP contribution in [0.15, 0.2) is 5.10 Å². The van der Waals surface area contributed by atoms with Crippen molar-refractivity contribution in [1.82, 2.24) is 10.7 Å². The van der Waals surface area contributed by atoms with Gasteiger partial charge in [-0.3, -0.25) is 5.43 Å². The highest BCUT2D eigenvalue weighted by molar-refractivity contribution is 7.80.